The van der Waals surface area contributed by atoms with Gasteiger partial charge in [-0.05, 0) is 57.0 Å². The summed E-state index contributed by atoms with van der Waals surface area (Å²) in [5, 5.41) is 9.14. The molecule has 1 aliphatic carbocycles. The lowest BCUT2D eigenvalue weighted by molar-refractivity contribution is -0.153. The van der Waals surface area contributed by atoms with Crippen molar-refractivity contribution in [3.8, 4) is 11.4 Å². The molecule has 0 spiro atoms. The standard InChI is InChI=1S/C12H11NO4S.C10H18O2.C2H4/c1-18(16,17)11-4-2-9(3-5-11)13-7-6-10(14)8-12(13)15;1-8(2)12-10(11)9-6-4-3-5-7-9;1-2/h2-8,14H,1H3;8-9H,3-7H2,1-2H3;1-2H2. The average molecular weight is 464 g/mol. The summed E-state index contributed by atoms with van der Waals surface area (Å²) in [6.07, 6.45) is 8.32. The lowest BCUT2D eigenvalue weighted by Gasteiger charge is -2.20. The van der Waals surface area contributed by atoms with E-state index in [1.807, 2.05) is 13.8 Å². The van der Waals surface area contributed by atoms with E-state index in [0.29, 0.717) is 5.69 Å². The molecule has 1 heterocycles. The SMILES string of the molecule is C=C.CC(C)OC(=O)C1CCCCC1.CS(=O)(=O)c1ccc(-n2ccc(O)cc2=O)cc1. The Morgan fingerprint density at radius 1 is 1.09 bits per heavy atom. The summed E-state index contributed by atoms with van der Waals surface area (Å²) in [5.74, 6) is 0.106. The Bertz CT molecular complexity index is 1020. The van der Waals surface area contributed by atoms with Crippen LogP contribution in [0.15, 0.2) is 65.4 Å². The number of carbonyl (C=O) groups is 1. The Labute approximate surface area is 190 Å². The maximum atomic E-state index is 11.6. The van der Waals surface area contributed by atoms with Crippen molar-refractivity contribution in [2.24, 2.45) is 5.92 Å². The van der Waals surface area contributed by atoms with Crippen molar-refractivity contribution < 1.29 is 23.1 Å². The molecule has 0 bridgehead atoms. The highest BCUT2D eigenvalue weighted by Gasteiger charge is 2.22. The van der Waals surface area contributed by atoms with Crippen LogP contribution in [0.2, 0.25) is 0 Å². The quantitative estimate of drug-likeness (QED) is 0.537. The second-order valence-corrected chi connectivity index (χ2v) is 9.70. The van der Waals surface area contributed by atoms with Crippen LogP contribution in [0.25, 0.3) is 5.69 Å². The predicted molar refractivity (Wildman–Crippen MR) is 126 cm³/mol. The van der Waals surface area contributed by atoms with E-state index < -0.39 is 9.84 Å². The van der Waals surface area contributed by atoms with E-state index in [1.165, 1.54) is 60.4 Å². The Morgan fingerprint density at radius 2 is 1.66 bits per heavy atom. The van der Waals surface area contributed by atoms with Crippen molar-refractivity contribution in [3.63, 3.8) is 0 Å². The predicted octanol–water partition coefficient (Wildman–Crippen LogP) is 4.27. The maximum Gasteiger partial charge on any atom is 0.309 e. The first-order valence-corrected chi connectivity index (χ1v) is 12.4. The van der Waals surface area contributed by atoms with Gasteiger partial charge in [0.2, 0.25) is 0 Å². The van der Waals surface area contributed by atoms with E-state index in [0.717, 1.165) is 25.2 Å². The van der Waals surface area contributed by atoms with Crippen LogP contribution < -0.4 is 5.56 Å². The molecule has 0 unspecified atom stereocenters. The lowest BCUT2D eigenvalue weighted by atomic mass is 9.89. The number of hydrogen-bond acceptors (Lipinski definition) is 6. The monoisotopic (exact) mass is 463 g/mol. The first kappa shape index (κ1) is 27.2. The van der Waals surface area contributed by atoms with Crippen LogP contribution in [0.5, 0.6) is 5.75 Å². The summed E-state index contributed by atoms with van der Waals surface area (Å²) in [5.41, 5.74) is 0.148. The summed E-state index contributed by atoms with van der Waals surface area (Å²) in [6.45, 7) is 9.81. The molecular formula is C24H33NO6S. The number of nitrogens with zero attached hydrogens (tertiary/aromatic N) is 1. The van der Waals surface area contributed by atoms with E-state index in [-0.39, 0.29) is 34.2 Å². The molecular weight excluding hydrogens is 430 g/mol. The Kier molecular flexibility index (Phi) is 10.9. The molecule has 0 aliphatic heterocycles. The Balaban J connectivity index is 0.000000318. The molecule has 1 aliphatic rings. The van der Waals surface area contributed by atoms with Crippen molar-refractivity contribution in [2.75, 3.05) is 6.26 Å². The number of ether oxygens (including phenoxy) is 1. The van der Waals surface area contributed by atoms with E-state index in [9.17, 15) is 18.0 Å². The molecule has 176 valence electrons. The highest BCUT2D eigenvalue weighted by molar-refractivity contribution is 7.90. The van der Waals surface area contributed by atoms with Crippen LogP contribution in [0.1, 0.15) is 46.0 Å². The number of aromatic nitrogens is 1. The van der Waals surface area contributed by atoms with Crippen molar-refractivity contribution in [1.82, 2.24) is 4.57 Å². The fraction of sp³-hybridized carbons (Fsp3) is 0.417. The van der Waals surface area contributed by atoms with Gasteiger partial charge in [0.15, 0.2) is 9.84 Å². The van der Waals surface area contributed by atoms with Crippen LogP contribution in [0, 0.1) is 5.92 Å². The molecule has 8 heteroatoms. The minimum atomic E-state index is -3.25. The Morgan fingerprint density at radius 3 is 2.12 bits per heavy atom. The molecule has 32 heavy (non-hydrogen) atoms. The fourth-order valence-corrected chi connectivity index (χ4v) is 3.83. The van der Waals surface area contributed by atoms with Gasteiger partial charge >= 0.3 is 5.97 Å². The smallest absolute Gasteiger partial charge is 0.309 e. The number of carbonyl (C=O) groups excluding carboxylic acids is 1. The van der Waals surface area contributed by atoms with Crippen LogP contribution in [-0.2, 0) is 19.4 Å². The molecule has 0 saturated heterocycles. The second kappa shape index (κ2) is 12.9. The van der Waals surface area contributed by atoms with Gasteiger partial charge in [0.25, 0.3) is 5.56 Å². The van der Waals surface area contributed by atoms with Crippen LogP contribution in [0.4, 0.5) is 0 Å². The molecule has 2 aromatic rings. The molecule has 1 aromatic carbocycles. The Hall–Kier alpha value is -2.87. The number of benzene rings is 1. The van der Waals surface area contributed by atoms with Gasteiger partial charge < -0.3 is 9.84 Å². The summed E-state index contributed by atoms with van der Waals surface area (Å²) in [6, 6.07) is 8.41. The topological polar surface area (TPSA) is 103 Å². The fourth-order valence-electron chi connectivity index (χ4n) is 3.20. The van der Waals surface area contributed by atoms with Crippen LogP contribution >= 0.6 is 0 Å². The van der Waals surface area contributed by atoms with E-state index in [2.05, 4.69) is 13.2 Å². The van der Waals surface area contributed by atoms with Crippen molar-refractivity contribution in [2.45, 2.75) is 57.0 Å². The number of rotatable bonds is 4. The average Bonchev–Trinajstić information content (AvgIpc) is 2.75. The van der Waals surface area contributed by atoms with Crippen molar-refractivity contribution in [3.05, 3.63) is 66.1 Å². The molecule has 1 saturated carbocycles. The van der Waals surface area contributed by atoms with E-state index in [4.69, 9.17) is 9.84 Å². The van der Waals surface area contributed by atoms with Gasteiger partial charge in [0.1, 0.15) is 5.75 Å². The number of hydrogen-bond donors (Lipinski definition) is 1. The molecule has 0 radical (unpaired) electrons. The summed E-state index contributed by atoms with van der Waals surface area (Å²) in [7, 11) is -3.25. The number of pyridine rings is 1. The summed E-state index contributed by atoms with van der Waals surface area (Å²) >= 11 is 0. The summed E-state index contributed by atoms with van der Waals surface area (Å²) < 4.78 is 29.0. The highest BCUT2D eigenvalue weighted by Crippen LogP contribution is 2.24. The molecule has 1 fully saturated rings. The van der Waals surface area contributed by atoms with Gasteiger partial charge in [0, 0.05) is 24.2 Å². The largest absolute Gasteiger partial charge is 0.508 e. The van der Waals surface area contributed by atoms with Gasteiger partial charge in [-0.25, -0.2) is 8.42 Å². The van der Waals surface area contributed by atoms with Crippen LogP contribution in [-0.4, -0.2) is 36.4 Å². The number of sulfone groups is 1. The van der Waals surface area contributed by atoms with Gasteiger partial charge in [-0.1, -0.05) is 19.3 Å². The molecule has 3 rings (SSSR count). The van der Waals surface area contributed by atoms with E-state index >= 15 is 0 Å². The molecule has 0 amide bonds. The number of aromatic hydroxyl groups is 1. The third-order valence-electron chi connectivity index (χ3n) is 4.74. The zero-order valence-corrected chi connectivity index (χ0v) is 19.8. The minimum Gasteiger partial charge on any atom is -0.508 e. The van der Waals surface area contributed by atoms with Gasteiger partial charge in [-0.2, -0.15) is 0 Å². The zero-order chi connectivity index (χ0) is 24.3. The zero-order valence-electron chi connectivity index (χ0n) is 19.0. The van der Waals surface area contributed by atoms with Crippen molar-refractivity contribution >= 4 is 15.8 Å². The minimum absolute atomic E-state index is 0.0182. The summed E-state index contributed by atoms with van der Waals surface area (Å²) in [4.78, 5) is 23.2. The second-order valence-electron chi connectivity index (χ2n) is 7.68. The first-order valence-electron chi connectivity index (χ1n) is 10.5. The molecule has 1 N–H and O–H groups in total. The van der Waals surface area contributed by atoms with E-state index in [1.54, 1.807) is 0 Å². The van der Waals surface area contributed by atoms with Crippen molar-refractivity contribution in [1.29, 1.82) is 0 Å². The van der Waals surface area contributed by atoms with Gasteiger partial charge in [0.05, 0.1) is 16.9 Å². The molecule has 7 nitrogen and oxygen atoms in total. The number of esters is 1. The third kappa shape index (κ3) is 8.70. The van der Waals surface area contributed by atoms with Crippen LogP contribution in [0.3, 0.4) is 0 Å². The molecule has 1 aromatic heterocycles. The van der Waals surface area contributed by atoms with Gasteiger partial charge in [-0.3, -0.25) is 14.2 Å². The maximum absolute atomic E-state index is 11.6. The normalized spacial score (nSPS) is 13.9. The highest BCUT2D eigenvalue weighted by atomic mass is 32.2. The first-order chi connectivity index (χ1) is 15.1. The third-order valence-corrected chi connectivity index (χ3v) is 5.87. The lowest BCUT2D eigenvalue weighted by Crippen LogP contribution is -2.23. The molecule has 0 atom stereocenters. The van der Waals surface area contributed by atoms with Gasteiger partial charge in [-0.15, -0.1) is 13.2 Å².